The lowest BCUT2D eigenvalue weighted by Crippen LogP contribution is -2.60. The maximum atomic E-state index is 12.0. The molecular weight excluding hydrogens is 503 g/mol. The van der Waals surface area contributed by atoms with Crippen molar-refractivity contribution < 1.29 is 46.9 Å². The maximum absolute atomic E-state index is 12.0. The largest absolute Gasteiger partial charge is 0.456 e. The van der Waals surface area contributed by atoms with Crippen molar-refractivity contribution in [2.75, 3.05) is 0 Å². The van der Waals surface area contributed by atoms with Crippen molar-refractivity contribution in [1.29, 1.82) is 0 Å². The van der Waals surface area contributed by atoms with E-state index >= 15 is 0 Å². The van der Waals surface area contributed by atoms with Gasteiger partial charge >= 0.3 is 26.5 Å². The highest BCUT2D eigenvalue weighted by molar-refractivity contribution is 7.41. The van der Waals surface area contributed by atoms with Crippen LogP contribution in [-0.4, -0.2) is 48.6 Å². The highest BCUT2D eigenvalue weighted by atomic mass is 31.2. The molecule has 0 N–H and O–H groups in total. The number of rotatable bonds is 11. The molecule has 1 saturated heterocycles. The predicted molar refractivity (Wildman–Crippen MR) is 131 cm³/mol. The fourth-order valence-electron chi connectivity index (χ4n) is 3.64. The summed E-state index contributed by atoms with van der Waals surface area (Å²) in [6.07, 6.45) is -5.49. The maximum Gasteiger partial charge on any atom is 0.335 e. The molecule has 0 aliphatic carbocycles. The molecule has 5 atom stereocenters. The molecule has 0 unspecified atom stereocenters. The smallest absolute Gasteiger partial charge is 0.335 e. The van der Waals surface area contributed by atoms with Crippen LogP contribution < -0.4 is 0 Å². The highest BCUT2D eigenvalue weighted by Gasteiger charge is 2.52. The normalized spacial score (nSPS) is 23.3. The Morgan fingerprint density at radius 2 is 1.14 bits per heavy atom. The Hall–Kier alpha value is -2.88. The van der Waals surface area contributed by atoms with Crippen LogP contribution >= 0.6 is 8.60 Å². The van der Waals surface area contributed by atoms with Gasteiger partial charge < -0.3 is 28.0 Å². The lowest BCUT2D eigenvalue weighted by molar-refractivity contribution is -0.282. The Labute approximate surface area is 217 Å². The molecule has 2 aromatic rings. The molecule has 3 rings (SSSR count). The zero-order valence-corrected chi connectivity index (χ0v) is 22.0. The summed E-state index contributed by atoms with van der Waals surface area (Å²) >= 11 is 0. The molecule has 0 spiro atoms. The van der Waals surface area contributed by atoms with Gasteiger partial charge in [0.05, 0.1) is 19.3 Å². The molecule has 37 heavy (non-hydrogen) atoms. The third kappa shape index (κ3) is 9.18. The second-order valence-electron chi connectivity index (χ2n) is 8.28. The number of benzene rings is 2. The van der Waals surface area contributed by atoms with E-state index in [1.165, 1.54) is 20.8 Å². The van der Waals surface area contributed by atoms with Gasteiger partial charge in [0.25, 0.3) is 0 Å². The van der Waals surface area contributed by atoms with Gasteiger partial charge in [-0.1, -0.05) is 60.7 Å². The van der Waals surface area contributed by atoms with Crippen molar-refractivity contribution in [3.63, 3.8) is 0 Å². The average molecular weight is 534 g/mol. The summed E-state index contributed by atoms with van der Waals surface area (Å²) in [5, 5.41) is 0. The lowest BCUT2D eigenvalue weighted by Gasteiger charge is -2.43. The second-order valence-corrected chi connectivity index (χ2v) is 9.45. The van der Waals surface area contributed by atoms with Crippen molar-refractivity contribution in [3.05, 3.63) is 71.8 Å². The van der Waals surface area contributed by atoms with Crippen LogP contribution in [0.2, 0.25) is 0 Å². The van der Waals surface area contributed by atoms with Crippen LogP contribution in [0, 0.1) is 0 Å². The first-order valence-electron chi connectivity index (χ1n) is 11.7. The fourth-order valence-corrected chi connectivity index (χ4v) is 4.69. The predicted octanol–water partition coefficient (Wildman–Crippen LogP) is 4.20. The van der Waals surface area contributed by atoms with Gasteiger partial charge in [-0.15, -0.1) is 0 Å². The van der Waals surface area contributed by atoms with Crippen LogP contribution in [0.25, 0.3) is 0 Å². The zero-order chi connectivity index (χ0) is 26.8. The third-order valence-corrected chi connectivity index (χ3v) is 6.24. The van der Waals surface area contributed by atoms with E-state index in [0.29, 0.717) is 0 Å². The van der Waals surface area contributed by atoms with Crippen LogP contribution in [0.3, 0.4) is 0 Å². The molecule has 1 fully saturated rings. The standard InChI is InChI=1S/C26H31O10P/c1-17-23(33-18(2)27)24(34-19(3)28)25(35-20(4)29)26(32-17)36-37(30-15-21-11-7-5-8-12-21)31-16-22-13-9-6-10-14-22/h5-14,17,23-26H,15-16H2,1-4H3/t17-,23+,24+,25-,26+/m0/s1. The average Bonchev–Trinajstić information content (AvgIpc) is 2.86. The van der Waals surface area contributed by atoms with Crippen molar-refractivity contribution in [2.45, 2.75) is 71.6 Å². The number of hydrogen-bond acceptors (Lipinski definition) is 10. The van der Waals surface area contributed by atoms with Crippen molar-refractivity contribution in [3.8, 4) is 0 Å². The Bertz CT molecular complexity index is 975. The summed E-state index contributed by atoms with van der Waals surface area (Å²) in [4.78, 5) is 35.6. The van der Waals surface area contributed by atoms with E-state index in [4.69, 9.17) is 32.5 Å². The molecule has 1 heterocycles. The number of carbonyl (C=O) groups is 3. The summed E-state index contributed by atoms with van der Waals surface area (Å²) in [6.45, 7) is 5.61. The summed E-state index contributed by atoms with van der Waals surface area (Å²) in [5.74, 6) is -1.94. The number of esters is 3. The Morgan fingerprint density at radius 3 is 1.59 bits per heavy atom. The Balaban J connectivity index is 1.83. The number of carbonyl (C=O) groups excluding carboxylic acids is 3. The van der Waals surface area contributed by atoms with E-state index in [0.717, 1.165) is 11.1 Å². The molecule has 11 heteroatoms. The third-order valence-electron chi connectivity index (χ3n) is 5.18. The minimum absolute atomic E-state index is 0.186. The van der Waals surface area contributed by atoms with E-state index in [1.807, 2.05) is 60.7 Å². The van der Waals surface area contributed by atoms with E-state index < -0.39 is 57.2 Å². The molecule has 1 aliphatic heterocycles. The minimum atomic E-state index is -2.04. The van der Waals surface area contributed by atoms with Gasteiger partial charge in [-0.3, -0.25) is 18.9 Å². The van der Waals surface area contributed by atoms with Crippen molar-refractivity contribution in [2.24, 2.45) is 0 Å². The van der Waals surface area contributed by atoms with E-state index in [2.05, 4.69) is 0 Å². The first kappa shape index (κ1) is 28.7. The fraction of sp³-hybridized carbons (Fsp3) is 0.423. The Kier molecular flexibility index (Phi) is 11.0. The van der Waals surface area contributed by atoms with Crippen LogP contribution in [0.15, 0.2) is 60.7 Å². The molecule has 0 bridgehead atoms. The SMILES string of the molecule is CC(=O)O[C@H]1[C@H](OC(C)=O)[C@@H](OP(OCc2ccccc2)OCc2ccccc2)O[C@@H](C)[C@H]1OC(C)=O. The molecule has 0 saturated carbocycles. The quantitative estimate of drug-likeness (QED) is 0.236. The second kappa shape index (κ2) is 14.2. The summed E-state index contributed by atoms with van der Waals surface area (Å²) in [6, 6.07) is 18.9. The molecule has 0 amide bonds. The highest BCUT2D eigenvalue weighted by Crippen LogP contribution is 2.46. The summed E-state index contributed by atoms with van der Waals surface area (Å²) < 4.78 is 40.2. The monoisotopic (exact) mass is 534 g/mol. The van der Waals surface area contributed by atoms with Crippen molar-refractivity contribution >= 4 is 26.5 Å². The van der Waals surface area contributed by atoms with Crippen molar-refractivity contribution in [1.82, 2.24) is 0 Å². The van der Waals surface area contributed by atoms with E-state index in [-0.39, 0.29) is 13.2 Å². The van der Waals surface area contributed by atoms with Gasteiger partial charge in [-0.05, 0) is 18.1 Å². The zero-order valence-electron chi connectivity index (χ0n) is 21.1. The molecule has 2 aromatic carbocycles. The van der Waals surface area contributed by atoms with E-state index in [9.17, 15) is 14.4 Å². The van der Waals surface area contributed by atoms with Crippen LogP contribution in [0.5, 0.6) is 0 Å². The van der Waals surface area contributed by atoms with Gasteiger partial charge in [0.2, 0.25) is 6.29 Å². The number of ether oxygens (including phenoxy) is 4. The first-order chi connectivity index (χ1) is 17.7. The number of hydrogen-bond donors (Lipinski definition) is 0. The van der Waals surface area contributed by atoms with Gasteiger partial charge in [0.1, 0.15) is 0 Å². The molecule has 10 nitrogen and oxygen atoms in total. The van der Waals surface area contributed by atoms with Gasteiger partial charge in [0, 0.05) is 20.8 Å². The van der Waals surface area contributed by atoms with E-state index in [1.54, 1.807) is 6.92 Å². The van der Waals surface area contributed by atoms with Gasteiger partial charge in [0.15, 0.2) is 18.3 Å². The Morgan fingerprint density at radius 1 is 0.703 bits per heavy atom. The van der Waals surface area contributed by atoms with Gasteiger partial charge in [-0.2, -0.15) is 0 Å². The van der Waals surface area contributed by atoms with Crippen LogP contribution in [-0.2, 0) is 60.1 Å². The molecule has 0 aromatic heterocycles. The molecule has 0 radical (unpaired) electrons. The van der Waals surface area contributed by atoms with Gasteiger partial charge in [-0.25, -0.2) is 0 Å². The molecule has 1 aliphatic rings. The lowest BCUT2D eigenvalue weighted by atomic mass is 9.99. The van der Waals surface area contributed by atoms with Crippen LogP contribution in [0.4, 0.5) is 0 Å². The summed E-state index contributed by atoms with van der Waals surface area (Å²) in [7, 11) is -2.04. The minimum Gasteiger partial charge on any atom is -0.456 e. The summed E-state index contributed by atoms with van der Waals surface area (Å²) in [5.41, 5.74) is 1.79. The molecule has 200 valence electrons. The molecular formula is C26H31O10P. The first-order valence-corrected chi connectivity index (χ1v) is 12.8. The topological polar surface area (TPSA) is 116 Å². The van der Waals surface area contributed by atoms with Crippen LogP contribution in [0.1, 0.15) is 38.8 Å².